The number of carbonyl (C=O) groups excluding carboxylic acids is 3. The summed E-state index contributed by atoms with van der Waals surface area (Å²) in [5.41, 5.74) is 1.43. The molecule has 4 atom stereocenters. The summed E-state index contributed by atoms with van der Waals surface area (Å²) >= 11 is 0. The summed E-state index contributed by atoms with van der Waals surface area (Å²) in [6.07, 6.45) is 5.42. The van der Waals surface area contributed by atoms with Gasteiger partial charge in [0.25, 0.3) is 0 Å². The van der Waals surface area contributed by atoms with E-state index >= 15 is 0 Å². The molecule has 43 heavy (non-hydrogen) atoms. The van der Waals surface area contributed by atoms with Gasteiger partial charge in [0.2, 0.25) is 0 Å². The number of phenols is 1. The highest BCUT2D eigenvalue weighted by atomic mass is 16.6. The maximum absolute atomic E-state index is 13.0. The monoisotopic (exact) mass is 594 g/mol. The number of quaternary nitrogens is 2. The second-order valence-corrected chi connectivity index (χ2v) is 12.1. The van der Waals surface area contributed by atoms with Crippen LogP contribution >= 0.6 is 0 Å². The van der Waals surface area contributed by atoms with Crippen molar-refractivity contribution in [3.8, 4) is 11.5 Å². The first kappa shape index (κ1) is 31.5. The highest BCUT2D eigenvalue weighted by molar-refractivity contribution is 5.88. The van der Waals surface area contributed by atoms with E-state index in [9.17, 15) is 29.4 Å². The van der Waals surface area contributed by atoms with Gasteiger partial charge in [0, 0.05) is 12.2 Å². The van der Waals surface area contributed by atoms with Crippen LogP contribution in [0.2, 0.25) is 0 Å². The van der Waals surface area contributed by atoms with Gasteiger partial charge in [0.05, 0.1) is 41.0 Å². The molecule has 0 spiro atoms. The number of rotatable bonds is 9. The largest absolute Gasteiger partial charge is 0.508 e. The Balaban J connectivity index is 1.26. The molecule has 2 aliphatic heterocycles. The van der Waals surface area contributed by atoms with Gasteiger partial charge in [-0.1, -0.05) is 24.3 Å². The molecule has 2 fully saturated rings. The van der Waals surface area contributed by atoms with Crippen molar-refractivity contribution in [3.05, 3.63) is 71.8 Å². The van der Waals surface area contributed by atoms with Crippen LogP contribution in [0.3, 0.4) is 0 Å². The summed E-state index contributed by atoms with van der Waals surface area (Å²) in [5.74, 6) is -1.94. The van der Waals surface area contributed by atoms with E-state index in [4.69, 9.17) is 14.2 Å². The summed E-state index contributed by atoms with van der Waals surface area (Å²) in [4.78, 5) is 49.2. The fourth-order valence-corrected chi connectivity index (χ4v) is 5.63. The van der Waals surface area contributed by atoms with Crippen LogP contribution in [0.25, 0.3) is 12.2 Å². The minimum atomic E-state index is -0.908. The molecule has 2 N–H and O–H groups in total. The van der Waals surface area contributed by atoms with Gasteiger partial charge in [-0.15, -0.1) is 0 Å². The van der Waals surface area contributed by atoms with Crippen molar-refractivity contribution in [2.45, 2.75) is 37.1 Å². The molecule has 2 saturated heterocycles. The molecule has 11 heteroatoms. The van der Waals surface area contributed by atoms with Gasteiger partial charge < -0.3 is 33.4 Å². The zero-order valence-electron chi connectivity index (χ0n) is 24.7. The van der Waals surface area contributed by atoms with Gasteiger partial charge in [0.1, 0.15) is 24.6 Å². The van der Waals surface area contributed by atoms with Crippen molar-refractivity contribution >= 4 is 36.0 Å². The number of benzene rings is 2. The number of aliphatic carboxylic acids is 1. The first-order valence-electron chi connectivity index (χ1n) is 14.0. The van der Waals surface area contributed by atoms with Gasteiger partial charge in [0.15, 0.2) is 24.3 Å². The van der Waals surface area contributed by atoms with E-state index in [0.29, 0.717) is 35.3 Å². The van der Waals surface area contributed by atoms with E-state index in [0.717, 1.165) is 5.56 Å². The number of carboxylic acids is 1. The van der Waals surface area contributed by atoms with Crippen molar-refractivity contribution in [2.24, 2.45) is 0 Å². The number of ether oxygens (including phenoxy) is 3. The minimum absolute atomic E-state index is 0.136. The molecule has 0 aliphatic carbocycles. The van der Waals surface area contributed by atoms with Crippen molar-refractivity contribution < 1.29 is 52.6 Å². The molecule has 0 bridgehead atoms. The molecule has 2 aromatic carbocycles. The first-order valence-corrected chi connectivity index (χ1v) is 14.0. The molecule has 11 nitrogen and oxygen atoms in total. The quantitative estimate of drug-likeness (QED) is 0.194. The number of likely N-dealkylation sites (N-methyl/N-ethyl adjacent to an activating group) is 2. The van der Waals surface area contributed by atoms with Crippen LogP contribution in [0.15, 0.2) is 60.7 Å². The Hall–Kier alpha value is -4.48. The van der Waals surface area contributed by atoms with Crippen LogP contribution in [-0.2, 0) is 28.7 Å². The lowest BCUT2D eigenvalue weighted by Gasteiger charge is -2.29. The third kappa shape index (κ3) is 8.30. The SMILES string of the molecule is C[N+]1(C)C[C@H](OC(=O)C=Cc2ccc(OC(=O)[C@@H]3C[C@@H](OC(=O)C=Cc4ccc(O)cc4)C[N+]3(C)C)cc2)C[C@H]1C(=O)O. The molecule has 0 unspecified atom stereocenters. The maximum atomic E-state index is 13.0. The maximum Gasteiger partial charge on any atom is 0.370 e. The first-order chi connectivity index (χ1) is 20.2. The molecule has 2 aliphatic rings. The Bertz CT molecular complexity index is 1410. The van der Waals surface area contributed by atoms with Gasteiger partial charge in [-0.05, 0) is 47.5 Å². The summed E-state index contributed by atoms with van der Waals surface area (Å²) in [6, 6.07) is 11.9. The summed E-state index contributed by atoms with van der Waals surface area (Å²) < 4.78 is 17.2. The molecule has 228 valence electrons. The predicted molar refractivity (Wildman–Crippen MR) is 156 cm³/mol. The smallest absolute Gasteiger partial charge is 0.370 e. The van der Waals surface area contributed by atoms with Crippen molar-refractivity contribution in [1.29, 1.82) is 0 Å². The highest BCUT2D eigenvalue weighted by Crippen LogP contribution is 2.28. The van der Waals surface area contributed by atoms with Gasteiger partial charge in [-0.2, -0.15) is 0 Å². The fraction of sp³-hybridized carbons (Fsp3) is 0.375. The zero-order chi connectivity index (χ0) is 31.4. The second kappa shape index (κ2) is 12.8. The third-order valence-electron chi connectivity index (χ3n) is 7.95. The number of phenolic OH excluding ortho intramolecular Hbond substituents is 1. The van der Waals surface area contributed by atoms with Crippen LogP contribution in [-0.4, -0.2) is 109 Å². The molecule has 0 amide bonds. The van der Waals surface area contributed by atoms with Crippen LogP contribution in [0, 0.1) is 0 Å². The number of nitrogens with zero attached hydrogens (tertiary/aromatic N) is 2. The Morgan fingerprint density at radius 3 is 1.63 bits per heavy atom. The number of carboxylic acid groups (broad SMARTS) is 1. The molecule has 4 rings (SSSR count). The van der Waals surface area contributed by atoms with E-state index in [1.165, 1.54) is 24.3 Å². The van der Waals surface area contributed by atoms with E-state index in [1.54, 1.807) is 62.6 Å². The van der Waals surface area contributed by atoms with Crippen molar-refractivity contribution in [1.82, 2.24) is 0 Å². The van der Waals surface area contributed by atoms with E-state index in [1.807, 2.05) is 14.1 Å². The highest BCUT2D eigenvalue weighted by Gasteiger charge is 2.48. The topological polar surface area (TPSA) is 136 Å². The lowest BCUT2D eigenvalue weighted by atomic mass is 10.2. The Morgan fingerprint density at radius 2 is 1.16 bits per heavy atom. The van der Waals surface area contributed by atoms with E-state index in [-0.39, 0.29) is 16.7 Å². The van der Waals surface area contributed by atoms with Gasteiger partial charge >= 0.3 is 23.9 Å². The van der Waals surface area contributed by atoms with Crippen LogP contribution in [0.1, 0.15) is 24.0 Å². The van der Waals surface area contributed by atoms with Gasteiger partial charge in [-0.25, -0.2) is 19.2 Å². The number of aromatic hydroxyl groups is 1. The molecule has 2 heterocycles. The molecular weight excluding hydrogens is 556 g/mol. The number of hydrogen-bond acceptors (Lipinski definition) is 8. The molecule has 2 aromatic rings. The predicted octanol–water partition coefficient (Wildman–Crippen LogP) is 2.63. The molecule has 0 radical (unpaired) electrons. The Kier molecular flexibility index (Phi) is 9.37. The lowest BCUT2D eigenvalue weighted by Crippen LogP contribution is -2.50. The molecule has 0 aromatic heterocycles. The summed E-state index contributed by atoms with van der Waals surface area (Å²) in [5, 5.41) is 18.8. The van der Waals surface area contributed by atoms with Crippen LogP contribution in [0.4, 0.5) is 0 Å². The summed E-state index contributed by atoms with van der Waals surface area (Å²) in [6.45, 7) is 0.876. The third-order valence-corrected chi connectivity index (χ3v) is 7.95. The standard InChI is InChI=1S/C32H36N2O9/c1-33(2)19-25(17-27(33)31(38)39)41-29(36)16-10-22-7-13-24(14-8-22)43-32(40)28-18-26(20-34(28,3)4)42-30(37)15-9-21-5-11-23(35)12-6-21/h5-16,25-28H,17-20H2,1-4H3/p+2/t25-,26-,27+,28+/m1/s1. The number of hydrogen-bond donors (Lipinski definition) is 2. The van der Waals surface area contributed by atoms with Crippen LogP contribution < -0.4 is 4.74 Å². The number of carbonyl (C=O) groups is 4. The Morgan fingerprint density at radius 1 is 0.721 bits per heavy atom. The van der Waals surface area contributed by atoms with E-state index in [2.05, 4.69) is 0 Å². The number of likely N-dealkylation sites (tertiary alicyclic amines) is 2. The van der Waals surface area contributed by atoms with Crippen molar-refractivity contribution in [2.75, 3.05) is 41.3 Å². The molecule has 0 saturated carbocycles. The van der Waals surface area contributed by atoms with Crippen molar-refractivity contribution in [3.63, 3.8) is 0 Å². The van der Waals surface area contributed by atoms with Crippen LogP contribution in [0.5, 0.6) is 11.5 Å². The average molecular weight is 595 g/mol. The Labute approximate surface area is 250 Å². The normalized spacial score (nSPS) is 24.2. The minimum Gasteiger partial charge on any atom is -0.508 e. The van der Waals surface area contributed by atoms with Gasteiger partial charge in [-0.3, -0.25) is 0 Å². The second-order valence-electron chi connectivity index (χ2n) is 12.1. The summed E-state index contributed by atoms with van der Waals surface area (Å²) in [7, 11) is 7.37. The zero-order valence-corrected chi connectivity index (χ0v) is 24.7. The van der Waals surface area contributed by atoms with E-state index < -0.39 is 48.2 Å². The fourth-order valence-electron chi connectivity index (χ4n) is 5.63. The number of esters is 3. The lowest BCUT2D eigenvalue weighted by molar-refractivity contribution is -0.894. The molecular formula is C32H38N2O9+2. The average Bonchev–Trinajstić information content (AvgIpc) is 3.40.